The monoisotopic (exact) mass is 396 g/mol. The molecule has 1 aromatic carbocycles. The van der Waals surface area contributed by atoms with Crippen molar-refractivity contribution in [2.45, 2.75) is 37.8 Å². The van der Waals surface area contributed by atoms with Gasteiger partial charge in [-0.2, -0.15) is 0 Å². The maximum Gasteiger partial charge on any atom is 1.00 e. The number of nitrogens with zero attached hydrogens (tertiary/aromatic N) is 1. The summed E-state index contributed by atoms with van der Waals surface area (Å²) >= 11 is 0. The third-order valence-corrected chi connectivity index (χ3v) is 4.14. The minimum absolute atomic E-state index is 0. The Labute approximate surface area is 204 Å². The molecule has 0 saturated carbocycles. The average molecular weight is 396 g/mol. The van der Waals surface area contributed by atoms with Gasteiger partial charge in [-0.15, -0.1) is 0 Å². The number of amides is 2. The average Bonchev–Trinajstić information content (AvgIpc) is 3.08. The number of rotatable bonds is 7. The Morgan fingerprint density at radius 2 is 1.78 bits per heavy atom. The molecule has 1 saturated heterocycles. The Kier molecular flexibility index (Phi) is 12.1. The topological polar surface area (TPSA) is 124 Å². The van der Waals surface area contributed by atoms with Crippen LogP contribution in [0.3, 0.4) is 0 Å². The fourth-order valence-electron chi connectivity index (χ4n) is 2.82. The molecule has 0 unspecified atom stereocenters. The Hall–Kier alpha value is -0.900. The Balaban J connectivity index is -0.00000169. The minimum Gasteiger partial charge on any atom is -1.00 e. The van der Waals surface area contributed by atoms with E-state index in [2.05, 4.69) is 5.32 Å². The van der Waals surface area contributed by atoms with Crippen LogP contribution in [-0.4, -0.2) is 57.5 Å². The Morgan fingerprint density at radius 1 is 1.15 bits per heavy atom. The molecule has 2 rings (SSSR count). The van der Waals surface area contributed by atoms with Crippen molar-refractivity contribution in [3.8, 4) is 0 Å². The second kappa shape index (κ2) is 12.5. The predicted molar refractivity (Wildman–Crippen MR) is 89.2 cm³/mol. The van der Waals surface area contributed by atoms with Crippen LogP contribution >= 0.6 is 0 Å². The third-order valence-electron chi connectivity index (χ3n) is 4.14. The zero-order valence-electron chi connectivity index (χ0n) is 17.6. The number of hydrogen-bond acceptors (Lipinski definition) is 4. The summed E-state index contributed by atoms with van der Waals surface area (Å²) < 4.78 is 0. The summed E-state index contributed by atoms with van der Waals surface area (Å²) in [6.45, 7) is 0.351. The second-order valence-corrected chi connectivity index (χ2v) is 5.85. The standard InChI is InChI=1S/C17H20N2O6.2Na.2H/c20-14(19-10-4-7-13(19)17(24)25)9-8-12(16(22)23)18-15(21)11-5-2-1-3-6-11;;;;/h1-3,5-6,12-13H,4,7-10H2,(H,18,21)(H,22,23)(H,24,25);;;;/q;2*+1;2*-1/t12-,13+;;;;/m1..../s1. The molecule has 1 aliphatic heterocycles. The zero-order chi connectivity index (χ0) is 18.4. The molecule has 2 atom stereocenters. The Morgan fingerprint density at radius 3 is 2.33 bits per heavy atom. The van der Waals surface area contributed by atoms with Crippen LogP contribution in [0.1, 0.15) is 38.9 Å². The molecule has 27 heavy (non-hydrogen) atoms. The molecule has 1 heterocycles. The van der Waals surface area contributed by atoms with E-state index in [9.17, 15) is 24.3 Å². The first-order chi connectivity index (χ1) is 11.9. The molecule has 3 N–H and O–H groups in total. The number of aliphatic carboxylic acids is 2. The number of carbonyl (C=O) groups excluding carboxylic acids is 2. The largest absolute Gasteiger partial charge is 1.00 e. The van der Waals surface area contributed by atoms with Crippen molar-refractivity contribution in [3.63, 3.8) is 0 Å². The van der Waals surface area contributed by atoms with Crippen molar-refractivity contribution in [2.24, 2.45) is 0 Å². The van der Waals surface area contributed by atoms with Crippen LogP contribution in [0.5, 0.6) is 0 Å². The summed E-state index contributed by atoms with van der Waals surface area (Å²) in [4.78, 5) is 48.0. The molecule has 1 aromatic rings. The van der Waals surface area contributed by atoms with Gasteiger partial charge in [-0.05, 0) is 31.4 Å². The number of likely N-dealkylation sites (tertiary alicyclic amines) is 1. The number of benzene rings is 1. The fraction of sp³-hybridized carbons (Fsp3) is 0.412. The summed E-state index contributed by atoms with van der Waals surface area (Å²) in [5.74, 6) is -3.25. The minimum atomic E-state index is -1.24. The van der Waals surface area contributed by atoms with E-state index in [4.69, 9.17) is 5.11 Å². The maximum absolute atomic E-state index is 12.2. The van der Waals surface area contributed by atoms with Crippen LogP contribution in [0.25, 0.3) is 0 Å². The van der Waals surface area contributed by atoms with Crippen molar-refractivity contribution in [2.75, 3.05) is 6.54 Å². The number of carbonyl (C=O) groups is 4. The van der Waals surface area contributed by atoms with E-state index in [0.29, 0.717) is 24.9 Å². The first-order valence-corrected chi connectivity index (χ1v) is 8.01. The smallest absolute Gasteiger partial charge is 1.00 e. The molecule has 2 amide bonds. The van der Waals surface area contributed by atoms with E-state index in [1.54, 1.807) is 30.3 Å². The molecule has 10 heteroatoms. The van der Waals surface area contributed by atoms with Gasteiger partial charge in [0.1, 0.15) is 12.1 Å². The first kappa shape index (κ1) is 26.1. The molecule has 1 fully saturated rings. The molecular formula is C17H22N2Na2O6. The quantitative estimate of drug-likeness (QED) is 0.397. The van der Waals surface area contributed by atoms with Crippen molar-refractivity contribution in [1.82, 2.24) is 10.2 Å². The number of carboxylic acids is 2. The normalized spacial score (nSPS) is 16.4. The van der Waals surface area contributed by atoms with Gasteiger partial charge in [0, 0.05) is 18.5 Å². The van der Waals surface area contributed by atoms with Gasteiger partial charge >= 0.3 is 71.1 Å². The molecule has 1 aliphatic rings. The van der Waals surface area contributed by atoms with Gasteiger partial charge in [0.05, 0.1) is 0 Å². The summed E-state index contributed by atoms with van der Waals surface area (Å²) in [5, 5.41) is 20.7. The van der Waals surface area contributed by atoms with Crippen molar-refractivity contribution < 1.29 is 91.4 Å². The first-order valence-electron chi connectivity index (χ1n) is 8.01. The maximum atomic E-state index is 12.2. The van der Waals surface area contributed by atoms with Crippen LogP contribution in [0.15, 0.2) is 30.3 Å². The van der Waals surface area contributed by atoms with E-state index >= 15 is 0 Å². The number of hydrogen-bond donors (Lipinski definition) is 3. The molecule has 138 valence electrons. The van der Waals surface area contributed by atoms with Crippen LogP contribution < -0.4 is 64.4 Å². The molecule has 0 radical (unpaired) electrons. The van der Waals surface area contributed by atoms with Gasteiger partial charge in [-0.25, -0.2) is 9.59 Å². The van der Waals surface area contributed by atoms with Crippen LogP contribution in [0.2, 0.25) is 0 Å². The SMILES string of the molecule is O=C(N[C@H](CCC(=O)N1CCC[C@H]1C(=O)O)C(=O)O)c1ccccc1.[H-].[H-].[Na+].[Na+]. The fourth-order valence-corrected chi connectivity index (χ4v) is 2.82. The molecular weight excluding hydrogens is 374 g/mol. The van der Waals surface area contributed by atoms with Crippen molar-refractivity contribution >= 4 is 23.8 Å². The molecule has 0 bridgehead atoms. The molecule has 8 nitrogen and oxygen atoms in total. The number of nitrogens with one attached hydrogen (secondary N) is 1. The summed E-state index contributed by atoms with van der Waals surface area (Å²) in [7, 11) is 0. The number of carboxylic acid groups (broad SMARTS) is 2. The van der Waals surface area contributed by atoms with Gasteiger partial charge < -0.3 is 23.3 Å². The molecule has 0 aliphatic carbocycles. The van der Waals surface area contributed by atoms with E-state index in [1.807, 2.05) is 0 Å². The van der Waals surface area contributed by atoms with E-state index < -0.39 is 35.8 Å². The van der Waals surface area contributed by atoms with Crippen LogP contribution in [-0.2, 0) is 14.4 Å². The Bertz CT molecular complexity index is 681. The molecule has 0 spiro atoms. The van der Waals surface area contributed by atoms with E-state index in [0.717, 1.165) is 0 Å². The zero-order valence-corrected chi connectivity index (χ0v) is 19.6. The predicted octanol–water partition coefficient (Wildman–Crippen LogP) is -5.04. The van der Waals surface area contributed by atoms with Gasteiger partial charge in [0.25, 0.3) is 5.91 Å². The van der Waals surface area contributed by atoms with Crippen molar-refractivity contribution in [3.05, 3.63) is 35.9 Å². The molecule has 0 aromatic heterocycles. The van der Waals surface area contributed by atoms with Gasteiger partial charge in [-0.3, -0.25) is 9.59 Å². The summed E-state index contributed by atoms with van der Waals surface area (Å²) in [6.07, 6.45) is 0.759. The van der Waals surface area contributed by atoms with Crippen LogP contribution in [0.4, 0.5) is 0 Å². The summed E-state index contributed by atoms with van der Waals surface area (Å²) in [6, 6.07) is 6.10. The van der Waals surface area contributed by atoms with Gasteiger partial charge in [0.2, 0.25) is 5.91 Å². The van der Waals surface area contributed by atoms with E-state index in [-0.39, 0.29) is 74.8 Å². The van der Waals surface area contributed by atoms with Crippen LogP contribution in [0, 0.1) is 0 Å². The third kappa shape index (κ3) is 7.56. The van der Waals surface area contributed by atoms with E-state index in [1.165, 1.54) is 4.90 Å². The van der Waals surface area contributed by atoms with Crippen molar-refractivity contribution in [1.29, 1.82) is 0 Å². The second-order valence-electron chi connectivity index (χ2n) is 5.85. The van der Waals surface area contributed by atoms with Gasteiger partial charge in [-0.1, -0.05) is 18.2 Å². The van der Waals surface area contributed by atoms with Gasteiger partial charge in [0.15, 0.2) is 0 Å². The summed E-state index contributed by atoms with van der Waals surface area (Å²) in [5.41, 5.74) is 0.325.